The molecule has 0 aromatic heterocycles. The molecule has 0 radical (unpaired) electrons. The third-order valence-electron chi connectivity index (χ3n) is 5.92. The van der Waals surface area contributed by atoms with Crippen LogP contribution in [0.2, 0.25) is 0 Å². The Kier molecular flexibility index (Phi) is 5.88. The van der Waals surface area contributed by atoms with Crippen LogP contribution in [0.1, 0.15) is 44.9 Å². The lowest BCUT2D eigenvalue weighted by Gasteiger charge is -2.36. The lowest BCUT2D eigenvalue weighted by molar-refractivity contribution is -0.200. The Hall–Kier alpha value is -0.490. The molecule has 1 aliphatic carbocycles. The van der Waals surface area contributed by atoms with Crippen molar-refractivity contribution in [3.8, 4) is 0 Å². The number of amides is 1. The van der Waals surface area contributed by atoms with Gasteiger partial charge in [0.1, 0.15) is 0 Å². The van der Waals surface area contributed by atoms with Gasteiger partial charge in [-0.25, -0.2) is 0 Å². The van der Waals surface area contributed by atoms with Crippen LogP contribution < -0.4 is 5.32 Å². The van der Waals surface area contributed by atoms with Crippen LogP contribution in [0.5, 0.6) is 0 Å². The fraction of sp³-hybridized carbons (Fsp3) is 0.938. The van der Waals surface area contributed by atoms with Crippen LogP contribution in [0, 0.1) is 17.3 Å². The van der Waals surface area contributed by atoms with E-state index in [9.17, 15) is 18.0 Å². The number of hydrogen-bond acceptors (Lipinski definition) is 2. The van der Waals surface area contributed by atoms with Gasteiger partial charge in [0.2, 0.25) is 5.91 Å². The average Bonchev–Trinajstić information content (AvgIpc) is 2.90. The van der Waals surface area contributed by atoms with Gasteiger partial charge in [0.05, 0.1) is 5.92 Å². The number of carbonyl (C=O) groups is 1. The molecule has 2 aliphatic heterocycles. The smallest absolute Gasteiger partial charge is 0.342 e. The van der Waals surface area contributed by atoms with Gasteiger partial charge in [-0.3, -0.25) is 4.79 Å². The zero-order valence-electron chi connectivity index (χ0n) is 13.3. The first-order valence-electron chi connectivity index (χ1n) is 8.48. The van der Waals surface area contributed by atoms with Gasteiger partial charge in [0, 0.05) is 19.0 Å². The van der Waals surface area contributed by atoms with Gasteiger partial charge >= 0.3 is 6.18 Å². The van der Waals surface area contributed by atoms with E-state index in [2.05, 4.69) is 5.32 Å². The Morgan fingerprint density at radius 2 is 1.74 bits per heavy atom. The van der Waals surface area contributed by atoms with Crippen molar-refractivity contribution in [1.29, 1.82) is 0 Å². The number of piperidine rings is 1. The summed E-state index contributed by atoms with van der Waals surface area (Å²) in [5.74, 6) is -2.51. The molecule has 2 heterocycles. The first-order chi connectivity index (χ1) is 10.4. The molecule has 0 aromatic rings. The van der Waals surface area contributed by atoms with Crippen LogP contribution in [0.3, 0.4) is 0 Å². The van der Waals surface area contributed by atoms with E-state index in [1.165, 1.54) is 0 Å². The third kappa shape index (κ3) is 3.95. The Morgan fingerprint density at radius 3 is 2.39 bits per heavy atom. The fourth-order valence-electron chi connectivity index (χ4n) is 4.54. The summed E-state index contributed by atoms with van der Waals surface area (Å²) in [6.07, 6.45) is 0.608. The van der Waals surface area contributed by atoms with Gasteiger partial charge in [-0.1, -0.05) is 12.8 Å². The Balaban J connectivity index is 0.00000192. The molecule has 23 heavy (non-hydrogen) atoms. The lowest BCUT2D eigenvalue weighted by Crippen LogP contribution is -2.45. The molecule has 0 bridgehead atoms. The van der Waals surface area contributed by atoms with Crippen molar-refractivity contribution in [2.24, 2.45) is 17.3 Å². The van der Waals surface area contributed by atoms with Crippen LogP contribution in [0.25, 0.3) is 0 Å². The van der Waals surface area contributed by atoms with E-state index in [1.54, 1.807) is 4.90 Å². The van der Waals surface area contributed by atoms with Crippen LogP contribution in [0.15, 0.2) is 0 Å². The van der Waals surface area contributed by atoms with Crippen molar-refractivity contribution in [2.45, 2.75) is 51.1 Å². The second-order valence-corrected chi connectivity index (χ2v) is 7.30. The van der Waals surface area contributed by atoms with E-state index in [0.29, 0.717) is 25.9 Å². The van der Waals surface area contributed by atoms with E-state index in [1.807, 2.05) is 0 Å². The number of hydrogen-bond donors (Lipinski definition) is 1. The van der Waals surface area contributed by atoms with E-state index < -0.39 is 18.0 Å². The van der Waals surface area contributed by atoms with Crippen LogP contribution in [-0.4, -0.2) is 43.2 Å². The molecule has 134 valence electrons. The maximum Gasteiger partial charge on any atom is 0.392 e. The maximum absolute atomic E-state index is 13.2. The molecule has 1 saturated carbocycles. The first-order valence-corrected chi connectivity index (χ1v) is 8.48. The highest BCUT2D eigenvalue weighted by atomic mass is 35.5. The van der Waals surface area contributed by atoms with Crippen molar-refractivity contribution < 1.29 is 18.0 Å². The second-order valence-electron chi connectivity index (χ2n) is 7.30. The van der Waals surface area contributed by atoms with E-state index in [-0.39, 0.29) is 30.2 Å². The highest BCUT2D eigenvalue weighted by Crippen LogP contribution is 2.44. The first kappa shape index (κ1) is 18.8. The molecule has 3 nitrogen and oxygen atoms in total. The van der Waals surface area contributed by atoms with Crippen molar-refractivity contribution >= 4 is 18.3 Å². The summed E-state index contributed by atoms with van der Waals surface area (Å²) in [5, 5.41) is 3.32. The molecule has 2 saturated heterocycles. The number of nitrogens with zero attached hydrogens (tertiary/aromatic N) is 1. The van der Waals surface area contributed by atoms with Crippen molar-refractivity contribution in [3.63, 3.8) is 0 Å². The molecule has 3 aliphatic rings. The summed E-state index contributed by atoms with van der Waals surface area (Å²) in [5.41, 5.74) is 0.156. The third-order valence-corrected chi connectivity index (χ3v) is 5.92. The molecule has 3 rings (SSSR count). The van der Waals surface area contributed by atoms with Crippen molar-refractivity contribution in [1.82, 2.24) is 10.2 Å². The Bertz CT molecular complexity index is 424. The molecular formula is C16H26ClF3N2O. The predicted octanol–water partition coefficient (Wildman–Crippen LogP) is 3.38. The van der Waals surface area contributed by atoms with E-state index in [0.717, 1.165) is 38.8 Å². The normalized spacial score (nSPS) is 31.0. The highest BCUT2D eigenvalue weighted by Gasteiger charge is 2.50. The van der Waals surface area contributed by atoms with Crippen LogP contribution in [-0.2, 0) is 4.79 Å². The van der Waals surface area contributed by atoms with Gasteiger partial charge in [0.25, 0.3) is 0 Å². The number of alkyl halides is 3. The molecule has 1 N–H and O–H groups in total. The van der Waals surface area contributed by atoms with Crippen molar-refractivity contribution in [3.05, 3.63) is 0 Å². The van der Waals surface area contributed by atoms with Crippen LogP contribution in [0.4, 0.5) is 13.2 Å². The highest BCUT2D eigenvalue weighted by molar-refractivity contribution is 5.85. The molecular weight excluding hydrogens is 329 g/mol. The topological polar surface area (TPSA) is 32.3 Å². The minimum atomic E-state index is -4.24. The SMILES string of the molecule is Cl.O=C(C1CCCCC1C(F)(F)F)N1CCC2(CCNCC2)C1. The zero-order chi connectivity index (χ0) is 15.8. The zero-order valence-corrected chi connectivity index (χ0v) is 14.1. The van der Waals surface area contributed by atoms with E-state index in [4.69, 9.17) is 0 Å². The van der Waals surface area contributed by atoms with Gasteiger partial charge in [0.15, 0.2) is 0 Å². The number of carbonyl (C=O) groups excluding carboxylic acids is 1. The average molecular weight is 355 g/mol. The number of halogens is 4. The fourth-order valence-corrected chi connectivity index (χ4v) is 4.54. The molecule has 1 amide bonds. The maximum atomic E-state index is 13.2. The number of likely N-dealkylation sites (tertiary alicyclic amines) is 1. The monoisotopic (exact) mass is 354 g/mol. The minimum absolute atomic E-state index is 0. The summed E-state index contributed by atoms with van der Waals surface area (Å²) < 4.78 is 39.6. The molecule has 7 heteroatoms. The lowest BCUT2D eigenvalue weighted by atomic mass is 9.77. The largest absolute Gasteiger partial charge is 0.392 e. The molecule has 3 fully saturated rings. The van der Waals surface area contributed by atoms with Gasteiger partial charge < -0.3 is 10.2 Å². The van der Waals surface area contributed by atoms with Crippen LogP contribution >= 0.6 is 12.4 Å². The summed E-state index contributed by atoms with van der Waals surface area (Å²) in [4.78, 5) is 14.4. The summed E-state index contributed by atoms with van der Waals surface area (Å²) >= 11 is 0. The van der Waals surface area contributed by atoms with Crippen molar-refractivity contribution in [2.75, 3.05) is 26.2 Å². The van der Waals surface area contributed by atoms with Gasteiger partial charge in [-0.15, -0.1) is 12.4 Å². The summed E-state index contributed by atoms with van der Waals surface area (Å²) in [6.45, 7) is 3.21. The summed E-state index contributed by atoms with van der Waals surface area (Å²) in [6, 6.07) is 0. The minimum Gasteiger partial charge on any atom is -0.342 e. The molecule has 2 atom stereocenters. The van der Waals surface area contributed by atoms with Gasteiger partial charge in [-0.05, 0) is 50.6 Å². The second kappa shape index (κ2) is 7.18. The Morgan fingerprint density at radius 1 is 1.09 bits per heavy atom. The molecule has 2 unspecified atom stereocenters. The number of nitrogens with one attached hydrogen (secondary N) is 1. The molecule has 0 aromatic carbocycles. The van der Waals surface area contributed by atoms with E-state index >= 15 is 0 Å². The summed E-state index contributed by atoms with van der Waals surface area (Å²) in [7, 11) is 0. The van der Waals surface area contributed by atoms with Gasteiger partial charge in [-0.2, -0.15) is 13.2 Å². The number of rotatable bonds is 1. The predicted molar refractivity (Wildman–Crippen MR) is 84.5 cm³/mol. The Labute approximate surface area is 141 Å². The quantitative estimate of drug-likeness (QED) is 0.783. The standard InChI is InChI=1S/C16H25F3N2O.ClH/c17-16(18,19)13-4-2-1-3-12(13)14(22)21-10-7-15(11-21)5-8-20-9-6-15;/h12-13,20H,1-11H2;1H. The molecule has 1 spiro atoms.